The predicted molar refractivity (Wildman–Crippen MR) is 75.6 cm³/mol. The van der Waals surface area contributed by atoms with Crippen LogP contribution in [0.25, 0.3) is 5.69 Å². The Morgan fingerprint density at radius 2 is 1.95 bits per heavy atom. The van der Waals surface area contributed by atoms with Crippen molar-refractivity contribution >= 4 is 15.9 Å². The second kappa shape index (κ2) is 4.63. The Labute approximate surface area is 118 Å². The lowest BCUT2D eigenvalue weighted by atomic mass is 10.2. The molecule has 0 atom stereocenters. The van der Waals surface area contributed by atoms with E-state index in [1.54, 1.807) is 16.8 Å². The topological polar surface area (TPSA) is 26.9 Å². The molecular formula is C14H14BrFN2O. The third-order valence-corrected chi connectivity index (χ3v) is 4.14. The molecule has 0 saturated heterocycles. The Kier molecular flexibility index (Phi) is 3.09. The number of aromatic nitrogens is 2. The molecule has 0 spiro atoms. The number of rotatable bonds is 3. The minimum atomic E-state index is -0.297. The number of hydrogen-bond donors (Lipinski definition) is 0. The lowest BCUT2D eigenvalue weighted by Crippen LogP contribution is -2.20. The summed E-state index contributed by atoms with van der Waals surface area (Å²) < 4.78 is 16.5. The predicted octanol–water partition coefficient (Wildman–Crippen LogP) is 3.09. The van der Waals surface area contributed by atoms with E-state index in [1.807, 2.05) is 11.7 Å². The number of benzene rings is 1. The maximum atomic E-state index is 13.0. The van der Waals surface area contributed by atoms with Crippen molar-refractivity contribution in [1.82, 2.24) is 9.36 Å². The van der Waals surface area contributed by atoms with E-state index in [0.717, 1.165) is 24.1 Å². The summed E-state index contributed by atoms with van der Waals surface area (Å²) in [6.07, 6.45) is 2.17. The second-order valence-electron chi connectivity index (χ2n) is 4.89. The highest BCUT2D eigenvalue weighted by Gasteiger charge is 2.32. The second-order valence-corrected chi connectivity index (χ2v) is 5.45. The van der Waals surface area contributed by atoms with Crippen LogP contribution < -0.4 is 5.56 Å². The van der Waals surface area contributed by atoms with Gasteiger partial charge in [-0.25, -0.2) is 9.07 Å². The van der Waals surface area contributed by atoms with Gasteiger partial charge in [0.2, 0.25) is 0 Å². The molecule has 3 rings (SSSR count). The van der Waals surface area contributed by atoms with Gasteiger partial charge in [0.1, 0.15) is 5.82 Å². The standard InChI is InChI=1S/C14H14BrFN2O/c1-17-12(8-15)13(9-2-3-9)14(19)18(17)11-6-4-10(16)5-7-11/h4-7,9H,2-3,8H2,1H3. The Morgan fingerprint density at radius 3 is 2.47 bits per heavy atom. The normalized spacial score (nSPS) is 14.9. The molecule has 2 aromatic rings. The van der Waals surface area contributed by atoms with Gasteiger partial charge in [-0.05, 0) is 43.0 Å². The van der Waals surface area contributed by atoms with Crippen molar-refractivity contribution < 1.29 is 4.39 Å². The highest BCUT2D eigenvalue weighted by molar-refractivity contribution is 9.08. The van der Waals surface area contributed by atoms with Crippen molar-refractivity contribution in [2.24, 2.45) is 7.05 Å². The maximum Gasteiger partial charge on any atom is 0.275 e. The minimum Gasteiger partial charge on any atom is -0.284 e. The van der Waals surface area contributed by atoms with Gasteiger partial charge in [0.05, 0.1) is 11.4 Å². The first-order chi connectivity index (χ1) is 9.13. The van der Waals surface area contributed by atoms with E-state index < -0.39 is 0 Å². The lowest BCUT2D eigenvalue weighted by molar-refractivity contribution is 0.614. The fourth-order valence-corrected chi connectivity index (χ4v) is 3.15. The summed E-state index contributed by atoms with van der Waals surface area (Å²) in [5.41, 5.74) is 2.63. The van der Waals surface area contributed by atoms with E-state index >= 15 is 0 Å². The molecule has 1 heterocycles. The van der Waals surface area contributed by atoms with Crippen LogP contribution in [-0.2, 0) is 12.4 Å². The summed E-state index contributed by atoms with van der Waals surface area (Å²) in [6.45, 7) is 0. The third-order valence-electron chi connectivity index (χ3n) is 3.61. The van der Waals surface area contributed by atoms with Crippen LogP contribution in [0.2, 0.25) is 0 Å². The van der Waals surface area contributed by atoms with Crippen LogP contribution in [-0.4, -0.2) is 9.36 Å². The summed E-state index contributed by atoms with van der Waals surface area (Å²) in [5.74, 6) is 0.0992. The first kappa shape index (κ1) is 12.7. The molecule has 3 nitrogen and oxygen atoms in total. The van der Waals surface area contributed by atoms with Crippen molar-refractivity contribution in [3.05, 3.63) is 51.7 Å². The fourth-order valence-electron chi connectivity index (χ4n) is 2.48. The zero-order chi connectivity index (χ0) is 13.6. The Bertz CT molecular complexity index is 668. The average Bonchev–Trinajstić information content (AvgIpc) is 3.18. The van der Waals surface area contributed by atoms with Crippen LogP contribution in [0.15, 0.2) is 29.1 Å². The summed E-state index contributed by atoms with van der Waals surface area (Å²) in [6, 6.07) is 6.01. The average molecular weight is 325 g/mol. The number of alkyl halides is 1. The van der Waals surface area contributed by atoms with Crippen LogP contribution in [0.3, 0.4) is 0 Å². The molecule has 5 heteroatoms. The largest absolute Gasteiger partial charge is 0.284 e. The first-order valence-electron chi connectivity index (χ1n) is 6.26. The van der Waals surface area contributed by atoms with Gasteiger partial charge in [-0.1, -0.05) is 15.9 Å². The summed E-state index contributed by atoms with van der Waals surface area (Å²) in [4.78, 5) is 12.6. The summed E-state index contributed by atoms with van der Waals surface area (Å²) in [7, 11) is 1.87. The van der Waals surface area contributed by atoms with E-state index in [2.05, 4.69) is 15.9 Å². The van der Waals surface area contributed by atoms with Gasteiger partial charge in [-0.3, -0.25) is 9.48 Å². The summed E-state index contributed by atoms with van der Waals surface area (Å²) >= 11 is 3.45. The van der Waals surface area contributed by atoms with Gasteiger partial charge in [0.25, 0.3) is 5.56 Å². The Balaban J connectivity index is 2.21. The molecule has 0 amide bonds. The van der Waals surface area contributed by atoms with Gasteiger partial charge in [-0.2, -0.15) is 0 Å². The van der Waals surface area contributed by atoms with Gasteiger partial charge < -0.3 is 0 Å². The van der Waals surface area contributed by atoms with Gasteiger partial charge in [0, 0.05) is 17.9 Å². The van der Waals surface area contributed by atoms with E-state index in [9.17, 15) is 9.18 Å². The molecule has 0 N–H and O–H groups in total. The SMILES string of the molecule is Cn1c(CBr)c(C2CC2)c(=O)n1-c1ccc(F)cc1. The van der Waals surface area contributed by atoms with Gasteiger partial charge in [-0.15, -0.1) is 0 Å². The van der Waals surface area contributed by atoms with Gasteiger partial charge in [0.15, 0.2) is 0 Å². The molecule has 1 aromatic carbocycles. The molecule has 0 aliphatic heterocycles. The molecule has 1 aliphatic carbocycles. The van der Waals surface area contributed by atoms with Crippen LogP contribution in [0.4, 0.5) is 4.39 Å². The van der Waals surface area contributed by atoms with Gasteiger partial charge >= 0.3 is 0 Å². The molecule has 0 bridgehead atoms. The van der Waals surface area contributed by atoms with Crippen molar-refractivity contribution in [1.29, 1.82) is 0 Å². The summed E-state index contributed by atoms with van der Waals surface area (Å²) in [5, 5.41) is 0.652. The molecule has 0 radical (unpaired) electrons. The maximum absolute atomic E-state index is 13.0. The van der Waals surface area contributed by atoms with E-state index in [4.69, 9.17) is 0 Å². The fraction of sp³-hybridized carbons (Fsp3) is 0.357. The smallest absolute Gasteiger partial charge is 0.275 e. The lowest BCUT2D eigenvalue weighted by Gasteiger charge is -2.08. The molecule has 1 fully saturated rings. The minimum absolute atomic E-state index is 0.0195. The quantitative estimate of drug-likeness (QED) is 0.797. The zero-order valence-electron chi connectivity index (χ0n) is 10.6. The van der Waals surface area contributed by atoms with Crippen molar-refractivity contribution in [3.8, 4) is 5.69 Å². The van der Waals surface area contributed by atoms with E-state index in [0.29, 0.717) is 16.9 Å². The molecule has 1 saturated carbocycles. The first-order valence-corrected chi connectivity index (χ1v) is 7.38. The van der Waals surface area contributed by atoms with Crippen LogP contribution in [0.5, 0.6) is 0 Å². The molecular weight excluding hydrogens is 311 g/mol. The molecule has 100 valence electrons. The van der Waals surface area contributed by atoms with Crippen molar-refractivity contribution in [2.45, 2.75) is 24.1 Å². The highest BCUT2D eigenvalue weighted by atomic mass is 79.9. The van der Waals surface area contributed by atoms with E-state index in [-0.39, 0.29) is 11.4 Å². The third kappa shape index (κ3) is 2.06. The van der Waals surface area contributed by atoms with Crippen molar-refractivity contribution in [2.75, 3.05) is 0 Å². The molecule has 1 aliphatic rings. The Hall–Kier alpha value is -1.36. The molecule has 19 heavy (non-hydrogen) atoms. The number of halogens is 2. The number of nitrogens with zero attached hydrogens (tertiary/aromatic N) is 2. The van der Waals surface area contributed by atoms with E-state index in [1.165, 1.54) is 12.1 Å². The molecule has 1 aromatic heterocycles. The van der Waals surface area contributed by atoms with Crippen LogP contribution in [0.1, 0.15) is 30.0 Å². The highest BCUT2D eigenvalue weighted by Crippen LogP contribution is 2.40. The zero-order valence-corrected chi connectivity index (χ0v) is 12.2. The van der Waals surface area contributed by atoms with Crippen molar-refractivity contribution in [3.63, 3.8) is 0 Å². The number of hydrogen-bond acceptors (Lipinski definition) is 1. The van der Waals surface area contributed by atoms with Crippen LogP contribution in [0, 0.1) is 5.82 Å². The Morgan fingerprint density at radius 1 is 1.32 bits per heavy atom. The monoisotopic (exact) mass is 324 g/mol. The van der Waals surface area contributed by atoms with Crippen LogP contribution >= 0.6 is 15.9 Å². The molecule has 0 unspecified atom stereocenters.